The maximum absolute atomic E-state index is 10.9. The van der Waals surface area contributed by atoms with Gasteiger partial charge in [-0.05, 0) is 45.2 Å². The van der Waals surface area contributed by atoms with Crippen LogP contribution in [0.15, 0.2) is 10.2 Å². The van der Waals surface area contributed by atoms with Gasteiger partial charge in [-0.25, -0.2) is 0 Å². The van der Waals surface area contributed by atoms with Crippen molar-refractivity contribution in [2.24, 2.45) is 10.2 Å². The Labute approximate surface area is 246 Å². The van der Waals surface area contributed by atoms with Crippen LogP contribution in [0.25, 0.3) is 20.9 Å². The second-order valence-electron chi connectivity index (χ2n) is 12.4. The second-order valence-corrected chi connectivity index (χ2v) is 12.4. The fourth-order valence-corrected chi connectivity index (χ4v) is 6.47. The molecule has 0 aromatic rings. The van der Waals surface area contributed by atoms with E-state index in [1.54, 1.807) is 27.7 Å². The molecule has 5 aliphatic rings. The molecule has 19 heteroatoms. The summed E-state index contributed by atoms with van der Waals surface area (Å²) in [5.74, 6) is -1.90. The van der Waals surface area contributed by atoms with E-state index in [0.717, 1.165) is 0 Å². The number of hydrogen-bond donors (Lipinski definition) is 7. The van der Waals surface area contributed by atoms with Crippen molar-refractivity contribution in [3.63, 3.8) is 0 Å². The molecule has 0 bridgehead atoms. The maximum atomic E-state index is 10.9. The Balaban J connectivity index is 1.16. The van der Waals surface area contributed by atoms with E-state index in [0.29, 0.717) is 0 Å². The largest absolute Gasteiger partial charge is 0.389 e. The van der Waals surface area contributed by atoms with E-state index in [9.17, 15) is 25.5 Å². The van der Waals surface area contributed by atoms with Crippen LogP contribution in [-0.2, 0) is 28.4 Å². The molecule has 0 aromatic carbocycles. The van der Waals surface area contributed by atoms with Crippen molar-refractivity contribution in [2.75, 3.05) is 13.1 Å². The van der Waals surface area contributed by atoms with E-state index in [4.69, 9.17) is 39.5 Å². The maximum Gasteiger partial charge on any atom is 0.188 e. The summed E-state index contributed by atoms with van der Waals surface area (Å²) in [7, 11) is 0. The molecule has 0 radical (unpaired) electrons. The second kappa shape index (κ2) is 12.5. The van der Waals surface area contributed by atoms with Crippen molar-refractivity contribution >= 4 is 0 Å². The SMILES string of the molecule is CC1(C)O[C@H]2O[C@H]([C@@H](O)CN[C@H]3C[C@@H](NC[C@H](O)[C@H]4O[C@@H]5OC(C)(C)O[C@@H]5[C@H]4N=[N+]=[N-])[C@H](O)C(O)[C@@H]3O)[C@H](N=[N+]=[N-])[C@H]2O1. The standard InChI is InChI=1S/C24H40N8O11/c1-23(2)40-19-12(29-31-25)17(38-21(19)42-23)10(33)6-27-8-5-9(15(36)16(37)14(8)35)28-7-11(34)18-13(30-32-26)20-22(39-18)43-24(3,4)41-20/h8-22,27-28,33-37H,5-7H2,1-4H3/t8-,9+,10-,11-,12-,13-,14+,15-,16?,17+,18+,19+,20+,21+,22+/m0/s1. The van der Waals surface area contributed by atoms with Gasteiger partial charge in [-0.3, -0.25) is 0 Å². The van der Waals surface area contributed by atoms with Gasteiger partial charge in [0.15, 0.2) is 24.2 Å². The van der Waals surface area contributed by atoms with Crippen molar-refractivity contribution in [2.45, 2.75) is 137 Å². The summed E-state index contributed by atoms with van der Waals surface area (Å²) >= 11 is 0. The molecule has 7 N–H and O–H groups in total. The number of nitrogens with one attached hydrogen (secondary N) is 2. The van der Waals surface area contributed by atoms with E-state index in [1.165, 1.54) is 0 Å². The van der Waals surface area contributed by atoms with Crippen LogP contribution < -0.4 is 10.6 Å². The van der Waals surface area contributed by atoms with Crippen molar-refractivity contribution in [3.8, 4) is 0 Å². The molecule has 19 nitrogen and oxygen atoms in total. The van der Waals surface area contributed by atoms with Gasteiger partial charge in [-0.15, -0.1) is 0 Å². The zero-order chi connectivity index (χ0) is 31.3. The lowest BCUT2D eigenvalue weighted by atomic mass is 9.83. The first kappa shape index (κ1) is 32.5. The summed E-state index contributed by atoms with van der Waals surface area (Å²) in [6.07, 6.45) is -11.7. The van der Waals surface area contributed by atoms with E-state index >= 15 is 0 Å². The molecule has 43 heavy (non-hydrogen) atoms. The number of nitrogens with zero attached hydrogens (tertiary/aromatic N) is 6. The molecule has 242 valence electrons. The monoisotopic (exact) mass is 616 g/mol. The number of aliphatic hydroxyl groups excluding tert-OH is 5. The minimum Gasteiger partial charge on any atom is -0.389 e. The number of hydrogen-bond acceptors (Lipinski definition) is 15. The van der Waals surface area contributed by atoms with Gasteiger partial charge in [0.05, 0.1) is 48.7 Å². The van der Waals surface area contributed by atoms with Crippen LogP contribution in [0.1, 0.15) is 34.1 Å². The fourth-order valence-electron chi connectivity index (χ4n) is 6.47. The number of aliphatic hydroxyl groups is 5. The van der Waals surface area contributed by atoms with Crippen molar-refractivity contribution in [3.05, 3.63) is 20.9 Å². The highest BCUT2D eigenvalue weighted by molar-refractivity contribution is 5.04. The molecule has 5 fully saturated rings. The number of rotatable bonds is 10. The number of azide groups is 2. The van der Waals surface area contributed by atoms with Crippen LogP contribution in [0.4, 0.5) is 0 Å². The summed E-state index contributed by atoms with van der Waals surface area (Å²) in [6, 6.07) is -3.34. The Bertz CT molecular complexity index is 1030. The Morgan fingerprint density at radius 3 is 1.49 bits per heavy atom. The normalized spacial score (nSPS) is 45.9. The van der Waals surface area contributed by atoms with Gasteiger partial charge in [0.25, 0.3) is 0 Å². The first-order valence-electron chi connectivity index (χ1n) is 14.2. The minimum absolute atomic E-state index is 0.0900. The van der Waals surface area contributed by atoms with Gasteiger partial charge in [-0.1, -0.05) is 10.2 Å². The lowest BCUT2D eigenvalue weighted by Crippen LogP contribution is -2.64. The summed E-state index contributed by atoms with van der Waals surface area (Å²) in [5.41, 5.74) is 18.1. The molecule has 0 spiro atoms. The number of fused-ring (bicyclic) bond motifs is 2. The molecular weight excluding hydrogens is 576 g/mol. The summed E-state index contributed by atoms with van der Waals surface area (Å²) in [6.45, 7) is 6.50. The van der Waals surface area contributed by atoms with Crippen LogP contribution >= 0.6 is 0 Å². The Morgan fingerprint density at radius 2 is 1.12 bits per heavy atom. The van der Waals surface area contributed by atoms with Crippen LogP contribution in [0.2, 0.25) is 0 Å². The van der Waals surface area contributed by atoms with Crippen LogP contribution in [-0.4, -0.2) is 142 Å². The topological polar surface area (TPSA) is 278 Å². The Kier molecular flexibility index (Phi) is 9.43. The molecule has 0 aromatic heterocycles. The van der Waals surface area contributed by atoms with E-state index < -0.39 is 103 Å². The van der Waals surface area contributed by atoms with Crippen molar-refractivity contribution < 1.29 is 54.0 Å². The third-order valence-corrected chi connectivity index (χ3v) is 8.44. The highest BCUT2D eigenvalue weighted by Gasteiger charge is 2.57. The molecule has 5 rings (SSSR count). The van der Waals surface area contributed by atoms with Gasteiger partial charge < -0.3 is 64.6 Å². The van der Waals surface area contributed by atoms with E-state index in [2.05, 4.69) is 30.7 Å². The quantitative estimate of drug-likeness (QED) is 0.0813. The highest BCUT2D eigenvalue weighted by Crippen LogP contribution is 2.41. The first-order valence-corrected chi connectivity index (χ1v) is 14.2. The first-order chi connectivity index (χ1) is 20.2. The van der Waals surface area contributed by atoms with Crippen LogP contribution in [0.3, 0.4) is 0 Å². The molecule has 4 aliphatic heterocycles. The van der Waals surface area contributed by atoms with Crippen molar-refractivity contribution in [1.29, 1.82) is 0 Å². The molecule has 0 amide bonds. The van der Waals surface area contributed by atoms with Crippen LogP contribution in [0, 0.1) is 0 Å². The molecule has 1 aliphatic carbocycles. The lowest BCUT2D eigenvalue weighted by Gasteiger charge is -2.42. The average Bonchev–Trinajstić information content (AvgIpc) is 3.62. The molecule has 15 atom stereocenters. The van der Waals surface area contributed by atoms with Gasteiger partial charge >= 0.3 is 0 Å². The van der Waals surface area contributed by atoms with E-state index in [1.807, 2.05) is 0 Å². The zero-order valence-corrected chi connectivity index (χ0v) is 24.2. The van der Waals surface area contributed by atoms with Gasteiger partial charge in [-0.2, -0.15) is 0 Å². The minimum atomic E-state index is -1.55. The average molecular weight is 617 g/mol. The Morgan fingerprint density at radius 1 is 0.721 bits per heavy atom. The summed E-state index contributed by atoms with van der Waals surface area (Å²) in [5, 5.41) is 67.1. The predicted molar refractivity (Wildman–Crippen MR) is 141 cm³/mol. The third-order valence-electron chi connectivity index (χ3n) is 8.44. The van der Waals surface area contributed by atoms with Gasteiger partial charge in [0, 0.05) is 35.0 Å². The molecular formula is C24H40N8O11. The lowest BCUT2D eigenvalue weighted by molar-refractivity contribution is -0.215. The molecule has 4 heterocycles. The van der Waals surface area contributed by atoms with E-state index in [-0.39, 0.29) is 19.5 Å². The third kappa shape index (κ3) is 6.57. The smallest absolute Gasteiger partial charge is 0.188 e. The predicted octanol–water partition coefficient (Wildman–Crippen LogP) is -1.78. The Hall–Kier alpha value is -1.90. The zero-order valence-electron chi connectivity index (χ0n) is 24.2. The molecule has 1 saturated carbocycles. The summed E-state index contributed by atoms with van der Waals surface area (Å²) < 4.78 is 34.5. The van der Waals surface area contributed by atoms with Crippen molar-refractivity contribution in [1.82, 2.24) is 10.6 Å². The summed E-state index contributed by atoms with van der Waals surface area (Å²) in [4.78, 5) is 5.70. The van der Waals surface area contributed by atoms with Crippen LogP contribution in [0.5, 0.6) is 0 Å². The van der Waals surface area contributed by atoms with Gasteiger partial charge in [0.1, 0.15) is 18.3 Å². The highest BCUT2D eigenvalue weighted by atomic mass is 16.8. The molecule has 1 unspecified atom stereocenters. The number of ether oxygens (including phenoxy) is 6. The van der Waals surface area contributed by atoms with Gasteiger partial charge in [0.2, 0.25) is 0 Å². The fraction of sp³-hybridized carbons (Fsp3) is 1.00. The molecule has 4 saturated heterocycles.